The quantitative estimate of drug-likeness (QED) is 0.696. The number of piperidine rings is 1. The molecule has 1 fully saturated rings. The summed E-state index contributed by atoms with van der Waals surface area (Å²) < 4.78 is 1.74. The van der Waals surface area contributed by atoms with Gasteiger partial charge in [0.25, 0.3) is 5.91 Å². The summed E-state index contributed by atoms with van der Waals surface area (Å²) >= 11 is 1.44. The van der Waals surface area contributed by atoms with Gasteiger partial charge >= 0.3 is 0 Å². The third-order valence-corrected chi connectivity index (χ3v) is 6.17. The highest BCUT2D eigenvalue weighted by Crippen LogP contribution is 2.27. The number of rotatable bonds is 4. The SMILES string of the molecule is CN(c1ccccc1)C1CCN(C(=O)c2cnc(-c3cnn(C)c3)s2)CC1. The van der Waals surface area contributed by atoms with Gasteiger partial charge in [-0.05, 0) is 25.0 Å². The van der Waals surface area contributed by atoms with E-state index in [2.05, 4.69) is 46.3 Å². The van der Waals surface area contributed by atoms with Crippen LogP contribution in [-0.4, -0.2) is 51.8 Å². The van der Waals surface area contributed by atoms with Gasteiger partial charge in [0.05, 0.1) is 12.4 Å². The molecule has 0 spiro atoms. The van der Waals surface area contributed by atoms with E-state index in [4.69, 9.17) is 0 Å². The van der Waals surface area contributed by atoms with E-state index in [1.165, 1.54) is 17.0 Å². The molecule has 0 atom stereocenters. The highest BCUT2D eigenvalue weighted by molar-refractivity contribution is 7.16. The van der Waals surface area contributed by atoms with Crippen molar-refractivity contribution in [2.75, 3.05) is 25.0 Å². The largest absolute Gasteiger partial charge is 0.371 e. The number of para-hydroxylation sites is 1. The minimum atomic E-state index is 0.0865. The van der Waals surface area contributed by atoms with E-state index in [0.717, 1.165) is 36.5 Å². The second-order valence-corrected chi connectivity index (χ2v) is 7.93. The number of hydrogen-bond acceptors (Lipinski definition) is 5. The van der Waals surface area contributed by atoms with Crippen LogP contribution >= 0.6 is 11.3 Å². The molecule has 0 unspecified atom stereocenters. The molecule has 140 valence electrons. The van der Waals surface area contributed by atoms with E-state index in [-0.39, 0.29) is 5.91 Å². The van der Waals surface area contributed by atoms with Crippen LogP contribution in [0.15, 0.2) is 48.9 Å². The second kappa shape index (κ2) is 7.52. The number of anilines is 1. The number of thiazole rings is 1. The highest BCUT2D eigenvalue weighted by Gasteiger charge is 2.27. The van der Waals surface area contributed by atoms with Gasteiger partial charge in [-0.3, -0.25) is 9.48 Å². The van der Waals surface area contributed by atoms with E-state index in [1.807, 2.05) is 24.2 Å². The predicted molar refractivity (Wildman–Crippen MR) is 108 cm³/mol. The molecule has 1 aliphatic heterocycles. The number of carbonyl (C=O) groups is 1. The minimum absolute atomic E-state index is 0.0865. The van der Waals surface area contributed by atoms with Gasteiger partial charge in [-0.15, -0.1) is 11.3 Å². The zero-order valence-electron chi connectivity index (χ0n) is 15.6. The fraction of sp³-hybridized carbons (Fsp3) is 0.350. The maximum Gasteiger partial charge on any atom is 0.265 e. The first-order valence-electron chi connectivity index (χ1n) is 9.14. The number of amides is 1. The second-order valence-electron chi connectivity index (χ2n) is 6.90. The summed E-state index contributed by atoms with van der Waals surface area (Å²) in [7, 11) is 4.01. The van der Waals surface area contributed by atoms with Gasteiger partial charge < -0.3 is 9.80 Å². The molecule has 4 rings (SSSR count). The van der Waals surface area contributed by atoms with Gasteiger partial charge in [0.2, 0.25) is 0 Å². The molecular formula is C20H23N5OS. The van der Waals surface area contributed by atoms with Gasteiger partial charge in [-0.2, -0.15) is 5.10 Å². The van der Waals surface area contributed by atoms with Crippen LogP contribution < -0.4 is 4.90 Å². The molecule has 0 bridgehead atoms. The molecule has 27 heavy (non-hydrogen) atoms. The Morgan fingerprint density at radius 1 is 1.19 bits per heavy atom. The zero-order valence-corrected chi connectivity index (χ0v) is 16.4. The van der Waals surface area contributed by atoms with Crippen LogP contribution in [-0.2, 0) is 7.05 Å². The van der Waals surface area contributed by atoms with Gasteiger partial charge in [0, 0.05) is 50.7 Å². The summed E-state index contributed by atoms with van der Waals surface area (Å²) in [5, 5.41) is 5.01. The molecular weight excluding hydrogens is 358 g/mol. The van der Waals surface area contributed by atoms with E-state index in [1.54, 1.807) is 17.1 Å². The van der Waals surface area contributed by atoms with Crippen LogP contribution in [0.5, 0.6) is 0 Å². The summed E-state index contributed by atoms with van der Waals surface area (Å²) in [4.78, 5) is 22.2. The molecule has 0 saturated carbocycles. The molecule has 3 aromatic rings. The monoisotopic (exact) mass is 381 g/mol. The van der Waals surface area contributed by atoms with Gasteiger partial charge in [-0.25, -0.2) is 4.98 Å². The summed E-state index contributed by atoms with van der Waals surface area (Å²) in [6.07, 6.45) is 7.34. The van der Waals surface area contributed by atoms with Crippen molar-refractivity contribution in [1.29, 1.82) is 0 Å². The Bertz CT molecular complexity index is 911. The standard InChI is InChI=1S/C20H23N5OS/c1-23-14-15(12-22-23)19-21-13-18(27-19)20(26)25-10-8-17(9-11-25)24(2)16-6-4-3-5-7-16/h3-7,12-14,17H,8-11H2,1-2H3. The Hall–Kier alpha value is -2.67. The lowest BCUT2D eigenvalue weighted by Crippen LogP contribution is -2.45. The molecule has 1 aromatic carbocycles. The minimum Gasteiger partial charge on any atom is -0.371 e. The Morgan fingerprint density at radius 3 is 2.59 bits per heavy atom. The molecule has 7 heteroatoms. The van der Waals surface area contributed by atoms with Crippen molar-refractivity contribution in [3.63, 3.8) is 0 Å². The number of aryl methyl sites for hydroxylation is 1. The number of nitrogens with zero attached hydrogens (tertiary/aromatic N) is 5. The Morgan fingerprint density at radius 2 is 1.93 bits per heavy atom. The summed E-state index contributed by atoms with van der Waals surface area (Å²) in [5.41, 5.74) is 2.18. The summed E-state index contributed by atoms with van der Waals surface area (Å²) in [6, 6.07) is 10.9. The number of aromatic nitrogens is 3. The maximum absolute atomic E-state index is 12.9. The average molecular weight is 382 g/mol. The summed E-state index contributed by atoms with van der Waals surface area (Å²) in [6.45, 7) is 1.56. The zero-order chi connectivity index (χ0) is 18.8. The molecule has 1 saturated heterocycles. The van der Waals surface area contributed by atoms with Crippen LogP contribution in [0, 0.1) is 0 Å². The van der Waals surface area contributed by atoms with E-state index in [0.29, 0.717) is 10.9 Å². The molecule has 0 N–H and O–H groups in total. The smallest absolute Gasteiger partial charge is 0.265 e. The lowest BCUT2D eigenvalue weighted by molar-refractivity contribution is 0.0718. The number of benzene rings is 1. The third-order valence-electron chi connectivity index (χ3n) is 5.13. The number of carbonyl (C=O) groups excluding carboxylic acids is 1. The maximum atomic E-state index is 12.9. The normalized spacial score (nSPS) is 15.1. The first kappa shape index (κ1) is 17.7. The molecule has 0 aliphatic carbocycles. The van der Waals surface area contributed by atoms with Crippen molar-refractivity contribution in [3.8, 4) is 10.6 Å². The molecule has 0 radical (unpaired) electrons. The van der Waals surface area contributed by atoms with Crippen LogP contribution in [0.1, 0.15) is 22.5 Å². The van der Waals surface area contributed by atoms with Crippen molar-refractivity contribution in [1.82, 2.24) is 19.7 Å². The summed E-state index contributed by atoms with van der Waals surface area (Å²) in [5.74, 6) is 0.0865. The van der Waals surface area contributed by atoms with E-state index >= 15 is 0 Å². The van der Waals surface area contributed by atoms with Crippen LogP contribution in [0.3, 0.4) is 0 Å². The van der Waals surface area contributed by atoms with E-state index < -0.39 is 0 Å². The van der Waals surface area contributed by atoms with Crippen LogP contribution in [0.2, 0.25) is 0 Å². The average Bonchev–Trinajstić information content (AvgIpc) is 3.37. The van der Waals surface area contributed by atoms with Crippen LogP contribution in [0.4, 0.5) is 5.69 Å². The number of likely N-dealkylation sites (tertiary alicyclic amines) is 1. The molecule has 3 heterocycles. The lowest BCUT2D eigenvalue weighted by Gasteiger charge is -2.37. The molecule has 6 nitrogen and oxygen atoms in total. The molecule has 1 aliphatic rings. The van der Waals surface area contributed by atoms with Gasteiger partial charge in [0.15, 0.2) is 0 Å². The van der Waals surface area contributed by atoms with Crippen molar-refractivity contribution in [3.05, 3.63) is 53.8 Å². The first-order chi connectivity index (χ1) is 13.1. The fourth-order valence-corrected chi connectivity index (χ4v) is 4.38. The highest BCUT2D eigenvalue weighted by atomic mass is 32.1. The number of hydrogen-bond donors (Lipinski definition) is 0. The van der Waals surface area contributed by atoms with Gasteiger partial charge in [-0.1, -0.05) is 18.2 Å². The molecule has 2 aromatic heterocycles. The van der Waals surface area contributed by atoms with Crippen molar-refractivity contribution in [2.24, 2.45) is 7.05 Å². The van der Waals surface area contributed by atoms with Crippen molar-refractivity contribution >= 4 is 22.9 Å². The predicted octanol–water partition coefficient (Wildman–Crippen LogP) is 3.28. The molecule has 1 amide bonds. The Labute approximate surface area is 163 Å². The Balaban J connectivity index is 1.38. The van der Waals surface area contributed by atoms with Crippen molar-refractivity contribution in [2.45, 2.75) is 18.9 Å². The van der Waals surface area contributed by atoms with Gasteiger partial charge in [0.1, 0.15) is 9.88 Å². The fourth-order valence-electron chi connectivity index (χ4n) is 3.52. The van der Waals surface area contributed by atoms with E-state index in [9.17, 15) is 4.79 Å². The van der Waals surface area contributed by atoms with Crippen molar-refractivity contribution < 1.29 is 4.79 Å². The lowest BCUT2D eigenvalue weighted by atomic mass is 10.0. The Kier molecular flexibility index (Phi) is 4.94. The van der Waals surface area contributed by atoms with Crippen LogP contribution in [0.25, 0.3) is 10.6 Å². The third kappa shape index (κ3) is 3.73. The topological polar surface area (TPSA) is 54.3 Å². The first-order valence-corrected chi connectivity index (χ1v) is 9.95.